The highest BCUT2D eigenvalue weighted by Gasteiger charge is 2.33. The SMILES string of the molecule is Cc1ccc(C(C(=O)NCc2ccccc2)N(Cc2ccc3c(c2)OCO3)C(=O)c2cnccn2)cc1. The summed E-state index contributed by atoms with van der Waals surface area (Å²) in [6.07, 6.45) is 4.37. The minimum absolute atomic E-state index is 0.142. The van der Waals surface area contributed by atoms with Crippen LogP contribution < -0.4 is 14.8 Å². The molecule has 186 valence electrons. The maximum absolute atomic E-state index is 13.8. The fourth-order valence-electron chi connectivity index (χ4n) is 4.18. The maximum Gasteiger partial charge on any atom is 0.275 e. The molecule has 37 heavy (non-hydrogen) atoms. The van der Waals surface area contributed by atoms with Gasteiger partial charge in [0.15, 0.2) is 11.5 Å². The predicted molar refractivity (Wildman–Crippen MR) is 137 cm³/mol. The zero-order valence-electron chi connectivity index (χ0n) is 20.3. The number of carbonyl (C=O) groups is 2. The van der Waals surface area contributed by atoms with Gasteiger partial charge in [-0.05, 0) is 35.7 Å². The highest BCUT2D eigenvalue weighted by molar-refractivity contribution is 5.96. The first-order valence-corrected chi connectivity index (χ1v) is 11.9. The Morgan fingerprint density at radius 3 is 2.49 bits per heavy atom. The molecule has 5 rings (SSSR count). The van der Waals surface area contributed by atoms with Gasteiger partial charge >= 0.3 is 0 Å². The van der Waals surface area contributed by atoms with Crippen LogP contribution in [-0.4, -0.2) is 33.5 Å². The van der Waals surface area contributed by atoms with Gasteiger partial charge in [0.1, 0.15) is 11.7 Å². The largest absolute Gasteiger partial charge is 0.454 e. The standard InChI is InChI=1S/C29H26N4O4/c1-20-7-10-23(11-8-20)27(28(34)32-16-21-5-3-2-4-6-21)33(29(35)24-17-30-13-14-31-24)18-22-9-12-25-26(15-22)37-19-36-25/h2-15,17,27H,16,18-19H2,1H3,(H,32,34). The second-order valence-corrected chi connectivity index (χ2v) is 8.73. The smallest absolute Gasteiger partial charge is 0.275 e. The zero-order chi connectivity index (χ0) is 25.6. The van der Waals surface area contributed by atoms with Crippen LogP contribution in [-0.2, 0) is 17.9 Å². The Kier molecular flexibility index (Phi) is 7.07. The molecule has 3 aromatic carbocycles. The summed E-state index contributed by atoms with van der Waals surface area (Å²) in [5.41, 5.74) is 3.63. The summed E-state index contributed by atoms with van der Waals surface area (Å²) in [5, 5.41) is 3.01. The minimum atomic E-state index is -0.913. The van der Waals surface area contributed by atoms with E-state index in [1.54, 1.807) is 6.07 Å². The van der Waals surface area contributed by atoms with Gasteiger partial charge in [-0.3, -0.25) is 14.6 Å². The first-order valence-electron chi connectivity index (χ1n) is 11.9. The molecule has 0 saturated carbocycles. The summed E-state index contributed by atoms with van der Waals surface area (Å²) in [5.74, 6) is 0.535. The Morgan fingerprint density at radius 2 is 1.73 bits per heavy atom. The van der Waals surface area contributed by atoms with Gasteiger partial charge in [-0.1, -0.05) is 66.2 Å². The second-order valence-electron chi connectivity index (χ2n) is 8.73. The van der Waals surface area contributed by atoms with E-state index < -0.39 is 11.9 Å². The van der Waals surface area contributed by atoms with Crippen molar-refractivity contribution in [3.63, 3.8) is 0 Å². The number of fused-ring (bicyclic) bond motifs is 1. The number of hydrogen-bond donors (Lipinski definition) is 1. The number of ether oxygens (including phenoxy) is 2. The highest BCUT2D eigenvalue weighted by Crippen LogP contribution is 2.34. The third-order valence-corrected chi connectivity index (χ3v) is 6.10. The fourth-order valence-corrected chi connectivity index (χ4v) is 4.18. The van der Waals surface area contributed by atoms with Crippen molar-refractivity contribution in [2.24, 2.45) is 0 Å². The molecule has 4 aromatic rings. The molecule has 8 nitrogen and oxygen atoms in total. The maximum atomic E-state index is 13.8. The first kappa shape index (κ1) is 24.0. The first-order chi connectivity index (χ1) is 18.1. The average Bonchev–Trinajstić information content (AvgIpc) is 3.41. The van der Waals surface area contributed by atoms with Crippen LogP contribution in [0.25, 0.3) is 0 Å². The van der Waals surface area contributed by atoms with Gasteiger partial charge in [0.2, 0.25) is 12.7 Å². The molecule has 1 aliphatic rings. The molecule has 0 aliphatic carbocycles. The number of carbonyl (C=O) groups excluding carboxylic acids is 2. The van der Waals surface area contributed by atoms with Crippen LogP contribution in [0.5, 0.6) is 11.5 Å². The van der Waals surface area contributed by atoms with Crippen molar-refractivity contribution in [2.45, 2.75) is 26.1 Å². The molecule has 1 N–H and O–H groups in total. The van der Waals surface area contributed by atoms with E-state index in [2.05, 4.69) is 15.3 Å². The van der Waals surface area contributed by atoms with Crippen molar-refractivity contribution in [3.05, 3.63) is 119 Å². The molecule has 0 spiro atoms. The third-order valence-electron chi connectivity index (χ3n) is 6.10. The van der Waals surface area contributed by atoms with Gasteiger partial charge < -0.3 is 19.7 Å². The van der Waals surface area contributed by atoms with Crippen molar-refractivity contribution in [3.8, 4) is 11.5 Å². The van der Waals surface area contributed by atoms with Crippen molar-refractivity contribution < 1.29 is 19.1 Å². The molecule has 1 atom stereocenters. The molecule has 8 heteroatoms. The molecule has 1 unspecified atom stereocenters. The summed E-state index contributed by atoms with van der Waals surface area (Å²) >= 11 is 0. The second kappa shape index (κ2) is 10.9. The summed E-state index contributed by atoms with van der Waals surface area (Å²) in [6.45, 7) is 2.60. The van der Waals surface area contributed by atoms with Crippen LogP contribution in [0.15, 0.2) is 91.4 Å². The lowest BCUT2D eigenvalue weighted by Gasteiger charge is -2.31. The van der Waals surface area contributed by atoms with E-state index in [0.29, 0.717) is 23.6 Å². The van der Waals surface area contributed by atoms with E-state index >= 15 is 0 Å². The van der Waals surface area contributed by atoms with Gasteiger partial charge in [-0.2, -0.15) is 0 Å². The fraction of sp³-hybridized carbons (Fsp3) is 0.172. The van der Waals surface area contributed by atoms with Gasteiger partial charge in [0.25, 0.3) is 5.91 Å². The number of nitrogens with one attached hydrogen (secondary N) is 1. The molecule has 0 fully saturated rings. The van der Waals surface area contributed by atoms with Gasteiger partial charge in [0, 0.05) is 25.5 Å². The van der Waals surface area contributed by atoms with Crippen LogP contribution in [0.3, 0.4) is 0 Å². The number of amides is 2. The van der Waals surface area contributed by atoms with E-state index in [0.717, 1.165) is 16.7 Å². The Bertz CT molecular complexity index is 1380. The van der Waals surface area contributed by atoms with Crippen LogP contribution in [0.2, 0.25) is 0 Å². The number of benzene rings is 3. The normalized spacial score (nSPS) is 12.6. The van der Waals surface area contributed by atoms with E-state index in [1.807, 2.05) is 73.7 Å². The lowest BCUT2D eigenvalue weighted by molar-refractivity contribution is -0.126. The molecule has 2 heterocycles. The monoisotopic (exact) mass is 494 g/mol. The van der Waals surface area contributed by atoms with Crippen LogP contribution in [0.1, 0.15) is 38.8 Å². The number of rotatable bonds is 8. The molecule has 0 radical (unpaired) electrons. The zero-order valence-corrected chi connectivity index (χ0v) is 20.3. The number of aromatic nitrogens is 2. The minimum Gasteiger partial charge on any atom is -0.454 e. The van der Waals surface area contributed by atoms with Crippen molar-refractivity contribution in [1.29, 1.82) is 0 Å². The molecule has 1 aromatic heterocycles. The number of nitrogens with zero attached hydrogens (tertiary/aromatic N) is 3. The highest BCUT2D eigenvalue weighted by atomic mass is 16.7. The molecule has 0 saturated heterocycles. The molecular weight excluding hydrogens is 468 g/mol. The summed E-state index contributed by atoms with van der Waals surface area (Å²) in [4.78, 5) is 37.4. The molecule has 2 amide bonds. The lowest BCUT2D eigenvalue weighted by atomic mass is 10.0. The van der Waals surface area contributed by atoms with Crippen molar-refractivity contribution in [2.75, 3.05) is 6.79 Å². The molecular formula is C29H26N4O4. The topological polar surface area (TPSA) is 93.7 Å². The van der Waals surface area contributed by atoms with E-state index in [9.17, 15) is 9.59 Å². The van der Waals surface area contributed by atoms with E-state index in [4.69, 9.17) is 9.47 Å². The van der Waals surface area contributed by atoms with Crippen LogP contribution >= 0.6 is 0 Å². The average molecular weight is 495 g/mol. The van der Waals surface area contributed by atoms with E-state index in [1.165, 1.54) is 23.5 Å². The molecule has 0 bridgehead atoms. The Labute approximate surface area is 214 Å². The van der Waals surface area contributed by atoms with E-state index in [-0.39, 0.29) is 24.9 Å². The van der Waals surface area contributed by atoms with Crippen molar-refractivity contribution in [1.82, 2.24) is 20.2 Å². The number of aryl methyl sites for hydroxylation is 1. The number of hydrogen-bond acceptors (Lipinski definition) is 6. The lowest BCUT2D eigenvalue weighted by Crippen LogP contribution is -2.43. The quantitative estimate of drug-likeness (QED) is 0.394. The third kappa shape index (κ3) is 5.59. The Hall–Kier alpha value is -4.72. The summed E-state index contributed by atoms with van der Waals surface area (Å²) in [7, 11) is 0. The Morgan fingerprint density at radius 1 is 0.946 bits per heavy atom. The van der Waals surface area contributed by atoms with Crippen molar-refractivity contribution >= 4 is 11.8 Å². The van der Waals surface area contributed by atoms with Crippen LogP contribution in [0.4, 0.5) is 0 Å². The summed E-state index contributed by atoms with van der Waals surface area (Å²) < 4.78 is 11.0. The van der Waals surface area contributed by atoms with Gasteiger partial charge in [-0.15, -0.1) is 0 Å². The summed E-state index contributed by atoms with van der Waals surface area (Å²) in [6, 6.07) is 21.8. The van der Waals surface area contributed by atoms with Crippen LogP contribution in [0, 0.1) is 6.92 Å². The Balaban J connectivity index is 1.52. The molecule has 1 aliphatic heterocycles. The van der Waals surface area contributed by atoms with Gasteiger partial charge in [-0.25, -0.2) is 4.98 Å². The van der Waals surface area contributed by atoms with Gasteiger partial charge in [0.05, 0.1) is 6.20 Å². The predicted octanol–water partition coefficient (Wildman–Crippen LogP) is 4.21.